The van der Waals surface area contributed by atoms with Crippen LogP contribution in [0.25, 0.3) is 0 Å². The fourth-order valence-electron chi connectivity index (χ4n) is 1.59. The van der Waals surface area contributed by atoms with Crippen LogP contribution in [-0.4, -0.2) is 30.5 Å². The van der Waals surface area contributed by atoms with Crippen molar-refractivity contribution < 1.29 is 8.42 Å². The largest absolute Gasteiger partial charge is 0.758 e. The lowest BCUT2D eigenvalue weighted by Crippen LogP contribution is -2.53. The topological polar surface area (TPSA) is 98.8 Å². The normalized spacial score (nSPS) is 29.2. The zero-order chi connectivity index (χ0) is 12.6. The summed E-state index contributed by atoms with van der Waals surface area (Å²) in [5.74, 6) is -0.464. The van der Waals surface area contributed by atoms with Gasteiger partial charge in [0.05, 0.1) is 10.8 Å². The van der Waals surface area contributed by atoms with E-state index in [1.54, 1.807) is 13.8 Å². The van der Waals surface area contributed by atoms with Crippen molar-refractivity contribution in [2.75, 3.05) is 0 Å². The fourth-order valence-corrected chi connectivity index (χ4v) is 2.43. The third kappa shape index (κ3) is 2.26. The number of hydroxylamine groups is 2. The Morgan fingerprint density at radius 2 is 2.06 bits per heavy atom. The van der Waals surface area contributed by atoms with Gasteiger partial charge in [-0.3, -0.25) is 4.99 Å². The van der Waals surface area contributed by atoms with Crippen LogP contribution >= 0.6 is 0 Å². The Bertz CT molecular complexity index is 418. The van der Waals surface area contributed by atoms with Crippen molar-refractivity contribution in [1.82, 2.24) is 5.06 Å². The van der Waals surface area contributed by atoms with E-state index in [0.29, 0.717) is 5.06 Å². The minimum absolute atomic E-state index is 0.464. The Morgan fingerprint density at radius 1 is 1.50 bits per heavy atom. The molecule has 0 radical (unpaired) electrons. The minimum Gasteiger partial charge on any atom is -0.758 e. The SMILES string of the molecule is C[C@@H]([C@H](C)S(N)(=O)=O)C1(C)C=NC=CN1[O-]. The van der Waals surface area contributed by atoms with Crippen LogP contribution in [0.2, 0.25) is 0 Å². The number of aliphatic imine (C=N–C) groups is 1. The Hall–Kier alpha value is -0.920. The van der Waals surface area contributed by atoms with Crippen molar-refractivity contribution in [3.63, 3.8) is 0 Å². The van der Waals surface area contributed by atoms with Gasteiger partial charge in [0, 0.05) is 24.5 Å². The molecule has 0 aromatic heterocycles. The molecule has 16 heavy (non-hydrogen) atoms. The number of primary sulfonamides is 1. The predicted octanol–water partition coefficient (Wildman–Crippen LogP) is 0.414. The molecular formula is C9H16N3O3S-. The van der Waals surface area contributed by atoms with Crippen LogP contribution in [0.5, 0.6) is 0 Å². The molecule has 1 aliphatic heterocycles. The summed E-state index contributed by atoms with van der Waals surface area (Å²) < 4.78 is 22.5. The van der Waals surface area contributed by atoms with Crippen LogP contribution in [0, 0.1) is 11.1 Å². The summed E-state index contributed by atoms with van der Waals surface area (Å²) in [6.07, 6.45) is 4.09. The molecule has 3 atom stereocenters. The average molecular weight is 246 g/mol. The Morgan fingerprint density at radius 3 is 2.50 bits per heavy atom. The Kier molecular flexibility index (Phi) is 3.41. The second kappa shape index (κ2) is 4.15. The third-order valence-electron chi connectivity index (χ3n) is 3.24. The van der Waals surface area contributed by atoms with Crippen LogP contribution < -0.4 is 5.14 Å². The van der Waals surface area contributed by atoms with Gasteiger partial charge in [-0.05, 0) is 13.8 Å². The van der Waals surface area contributed by atoms with Gasteiger partial charge in [-0.2, -0.15) is 0 Å². The molecule has 0 saturated carbocycles. The van der Waals surface area contributed by atoms with Crippen molar-refractivity contribution >= 4 is 16.2 Å². The molecule has 0 saturated heterocycles. The first kappa shape index (κ1) is 13.1. The number of nitrogens with zero attached hydrogens (tertiary/aromatic N) is 2. The first-order valence-corrected chi connectivity index (χ1v) is 6.49. The molecule has 0 amide bonds. The van der Waals surface area contributed by atoms with Gasteiger partial charge in [0.15, 0.2) is 0 Å². The summed E-state index contributed by atoms with van der Waals surface area (Å²) in [5, 5.41) is 16.7. The number of nitrogens with two attached hydrogens (primary N) is 1. The van der Waals surface area contributed by atoms with E-state index in [4.69, 9.17) is 5.14 Å². The second-order valence-corrected chi connectivity index (χ2v) is 6.13. The summed E-state index contributed by atoms with van der Waals surface area (Å²) in [7, 11) is -3.66. The van der Waals surface area contributed by atoms with Gasteiger partial charge in [-0.15, -0.1) is 0 Å². The molecule has 0 fully saturated rings. The maximum absolute atomic E-state index is 11.7. The van der Waals surface area contributed by atoms with Gasteiger partial charge < -0.3 is 10.3 Å². The lowest BCUT2D eigenvalue weighted by Gasteiger charge is -2.49. The molecule has 6 nitrogen and oxygen atoms in total. The third-order valence-corrected chi connectivity index (χ3v) is 4.69. The zero-order valence-electron chi connectivity index (χ0n) is 9.49. The molecular weight excluding hydrogens is 230 g/mol. The standard InChI is InChI=1S/C9H16N3O3S/c1-7(8(2)16(10,14)15)9(3)6-11-4-5-12(9)13/h4-8H,1-3H3,(H2,10,14,15)/q-1/t7-,8-,9?/m0/s1. The van der Waals surface area contributed by atoms with Crippen molar-refractivity contribution in [2.24, 2.45) is 16.0 Å². The van der Waals surface area contributed by atoms with Gasteiger partial charge in [-0.25, -0.2) is 13.6 Å². The molecule has 0 aromatic rings. The first-order valence-electron chi connectivity index (χ1n) is 4.88. The van der Waals surface area contributed by atoms with Gasteiger partial charge in [-0.1, -0.05) is 6.92 Å². The van der Waals surface area contributed by atoms with E-state index in [-0.39, 0.29) is 0 Å². The van der Waals surface area contributed by atoms with Gasteiger partial charge in [0.25, 0.3) is 0 Å². The molecule has 1 heterocycles. The maximum atomic E-state index is 11.7. The molecule has 2 N–H and O–H groups in total. The van der Waals surface area contributed by atoms with Gasteiger partial charge >= 0.3 is 0 Å². The van der Waals surface area contributed by atoms with Crippen molar-refractivity contribution in [3.8, 4) is 0 Å². The summed E-state index contributed by atoms with van der Waals surface area (Å²) in [6, 6.07) is 0. The Balaban J connectivity index is 3.01. The molecule has 0 aromatic carbocycles. The van der Waals surface area contributed by atoms with E-state index in [2.05, 4.69) is 4.99 Å². The molecule has 0 bridgehead atoms. The summed E-state index contributed by atoms with van der Waals surface area (Å²) >= 11 is 0. The van der Waals surface area contributed by atoms with E-state index < -0.39 is 26.7 Å². The highest BCUT2D eigenvalue weighted by molar-refractivity contribution is 7.89. The van der Waals surface area contributed by atoms with Crippen LogP contribution in [-0.2, 0) is 10.0 Å². The molecule has 92 valence electrons. The van der Waals surface area contributed by atoms with Crippen molar-refractivity contribution in [3.05, 3.63) is 17.6 Å². The quantitative estimate of drug-likeness (QED) is 0.779. The lowest BCUT2D eigenvalue weighted by atomic mass is 9.85. The minimum atomic E-state index is -3.66. The number of hydrogen-bond acceptors (Lipinski definition) is 5. The molecule has 1 unspecified atom stereocenters. The lowest BCUT2D eigenvalue weighted by molar-refractivity contribution is 0.225. The van der Waals surface area contributed by atoms with E-state index >= 15 is 0 Å². The summed E-state index contributed by atoms with van der Waals surface area (Å²) in [6.45, 7) is 4.80. The maximum Gasteiger partial charge on any atom is 0.212 e. The Labute approximate surface area is 95.5 Å². The van der Waals surface area contributed by atoms with E-state index in [1.165, 1.54) is 25.5 Å². The second-order valence-electron chi connectivity index (χ2n) is 4.21. The van der Waals surface area contributed by atoms with Gasteiger partial charge in [0.1, 0.15) is 0 Å². The highest BCUT2D eigenvalue weighted by atomic mass is 32.2. The molecule has 1 rings (SSSR count). The van der Waals surface area contributed by atoms with Crippen molar-refractivity contribution in [2.45, 2.75) is 31.6 Å². The highest BCUT2D eigenvalue weighted by Gasteiger charge is 2.38. The summed E-state index contributed by atoms with van der Waals surface area (Å²) in [4.78, 5) is 3.88. The molecule has 0 spiro atoms. The van der Waals surface area contributed by atoms with Crippen LogP contribution in [0.1, 0.15) is 20.8 Å². The monoisotopic (exact) mass is 246 g/mol. The van der Waals surface area contributed by atoms with E-state index in [1.807, 2.05) is 0 Å². The average Bonchev–Trinajstić information content (AvgIpc) is 2.19. The number of hydrogen-bond donors (Lipinski definition) is 1. The molecule has 1 aliphatic rings. The first-order chi connectivity index (χ1) is 7.19. The molecule has 0 aliphatic carbocycles. The molecule has 7 heteroatoms. The summed E-state index contributed by atoms with van der Waals surface area (Å²) in [5.41, 5.74) is -0.986. The van der Waals surface area contributed by atoms with Crippen LogP contribution in [0.3, 0.4) is 0 Å². The van der Waals surface area contributed by atoms with E-state index in [9.17, 15) is 13.6 Å². The van der Waals surface area contributed by atoms with Gasteiger partial charge in [0.2, 0.25) is 10.0 Å². The zero-order valence-corrected chi connectivity index (χ0v) is 10.3. The van der Waals surface area contributed by atoms with E-state index in [0.717, 1.165) is 0 Å². The fraction of sp³-hybridized carbons (Fsp3) is 0.667. The van der Waals surface area contributed by atoms with Crippen LogP contribution in [0.4, 0.5) is 0 Å². The highest BCUT2D eigenvalue weighted by Crippen LogP contribution is 2.29. The predicted molar refractivity (Wildman–Crippen MR) is 63.0 cm³/mol. The van der Waals surface area contributed by atoms with Crippen molar-refractivity contribution in [1.29, 1.82) is 0 Å². The van der Waals surface area contributed by atoms with Crippen LogP contribution in [0.15, 0.2) is 17.4 Å². The smallest absolute Gasteiger partial charge is 0.212 e. The number of sulfonamides is 1. The number of rotatable bonds is 3.